The number of hydrogen-bond donors (Lipinski definition) is 0. The van der Waals surface area contributed by atoms with Crippen LogP contribution in [0, 0.1) is 45.3 Å². The number of nitrogens with zero attached hydrogens (tertiary/aromatic N) is 8. The molecule has 0 saturated heterocycles. The lowest BCUT2D eigenvalue weighted by Gasteiger charge is -2.27. The van der Waals surface area contributed by atoms with E-state index in [1.165, 1.54) is 0 Å². The van der Waals surface area contributed by atoms with E-state index in [4.69, 9.17) is 0 Å². The zero-order valence-electron chi connectivity index (χ0n) is 36.1. The van der Waals surface area contributed by atoms with E-state index in [9.17, 15) is 21.0 Å². The highest BCUT2D eigenvalue weighted by Gasteiger charge is 2.27. The van der Waals surface area contributed by atoms with Crippen molar-refractivity contribution in [1.82, 2.24) is 9.13 Å². The smallest absolute Gasteiger partial charge is 0.153 e. The fourth-order valence-electron chi connectivity index (χ4n) is 9.47. The van der Waals surface area contributed by atoms with E-state index in [1.807, 2.05) is 108 Å². The number of benzene rings is 8. The Morgan fingerprint density at radius 1 is 0.364 bits per heavy atom. The van der Waals surface area contributed by atoms with Crippen LogP contribution in [-0.4, -0.2) is 9.13 Å². The van der Waals surface area contributed by atoms with E-state index in [0.29, 0.717) is 32.9 Å². The number of anilines is 6. The van der Waals surface area contributed by atoms with E-state index < -0.39 is 0 Å². The van der Waals surface area contributed by atoms with Crippen LogP contribution in [0.2, 0.25) is 0 Å². The van der Waals surface area contributed by atoms with Crippen molar-refractivity contribution in [3.05, 3.63) is 205 Å². The number of fused-ring (bicyclic) bond motifs is 3. The Morgan fingerprint density at radius 2 is 0.682 bits per heavy atom. The summed E-state index contributed by atoms with van der Waals surface area (Å²) in [7, 11) is 3.66. The zero-order valence-corrected chi connectivity index (χ0v) is 36.1. The summed E-state index contributed by atoms with van der Waals surface area (Å²) < 4.78 is 3.71. The van der Waals surface area contributed by atoms with Crippen molar-refractivity contribution in [2.24, 2.45) is 14.1 Å². The van der Waals surface area contributed by atoms with Crippen LogP contribution >= 0.6 is 0 Å². The number of hydrogen-bond acceptors (Lipinski definition) is 6. The van der Waals surface area contributed by atoms with Gasteiger partial charge in [-0.3, -0.25) is 0 Å². The van der Waals surface area contributed by atoms with Crippen molar-refractivity contribution in [3.8, 4) is 46.8 Å². The lowest BCUT2D eigenvalue weighted by Crippen LogP contribution is -2.20. The van der Waals surface area contributed by atoms with E-state index >= 15 is 0 Å². The number of rotatable bonds is 8. The van der Waals surface area contributed by atoms with Crippen LogP contribution in [0.1, 0.15) is 0 Å². The first kappa shape index (κ1) is 40.5. The Bertz CT molecular complexity index is 3520. The summed E-state index contributed by atoms with van der Waals surface area (Å²) in [4.78, 5) is 4.45. The minimum atomic E-state index is -0.0896. The molecule has 2 aromatic heterocycles. The van der Waals surface area contributed by atoms with E-state index in [-0.39, 0.29) is 11.1 Å². The Hall–Kier alpha value is -9.60. The van der Waals surface area contributed by atoms with Crippen LogP contribution in [0.15, 0.2) is 194 Å². The van der Waals surface area contributed by atoms with Gasteiger partial charge in [-0.15, -0.1) is 0 Å². The summed E-state index contributed by atoms with van der Waals surface area (Å²) in [5, 5.41) is 48.5. The van der Waals surface area contributed by atoms with Gasteiger partial charge in [0, 0.05) is 58.4 Å². The fourth-order valence-corrected chi connectivity index (χ4v) is 9.47. The lowest BCUT2D eigenvalue weighted by molar-refractivity contribution is 0.881. The number of aromatic nitrogens is 2. The molecule has 2 heterocycles. The normalized spacial score (nSPS) is 10.8. The monoisotopic (exact) mass is 846 g/mol. The second kappa shape index (κ2) is 16.9. The molecule has 10 rings (SSSR count). The molecular formula is C58H38N8. The molecule has 66 heavy (non-hydrogen) atoms. The molecule has 0 radical (unpaired) electrons. The van der Waals surface area contributed by atoms with Gasteiger partial charge in [0.25, 0.3) is 0 Å². The predicted molar refractivity (Wildman–Crippen MR) is 266 cm³/mol. The largest absolute Gasteiger partial charge is 0.341 e. The molecule has 0 fully saturated rings. The quantitative estimate of drug-likeness (QED) is 0.151. The third-order valence-corrected chi connectivity index (χ3v) is 12.3. The predicted octanol–water partition coefficient (Wildman–Crippen LogP) is 12.5. The van der Waals surface area contributed by atoms with Gasteiger partial charge in [-0.2, -0.15) is 21.0 Å². The van der Waals surface area contributed by atoms with Gasteiger partial charge in [-0.05, 0) is 82.6 Å². The van der Waals surface area contributed by atoms with Crippen molar-refractivity contribution < 1.29 is 0 Å². The third kappa shape index (κ3) is 6.68. The zero-order chi connectivity index (χ0) is 45.3. The third-order valence-electron chi connectivity index (χ3n) is 12.3. The van der Waals surface area contributed by atoms with Gasteiger partial charge in [0.1, 0.15) is 24.3 Å². The summed E-state index contributed by atoms with van der Waals surface area (Å²) >= 11 is 0. The van der Waals surface area contributed by atoms with Crippen molar-refractivity contribution in [2.75, 3.05) is 9.80 Å². The van der Waals surface area contributed by atoms with Gasteiger partial charge in [0.2, 0.25) is 0 Å². The molecule has 0 spiro atoms. The summed E-state index contributed by atoms with van der Waals surface area (Å²) in [6, 6.07) is 74.5. The first-order chi connectivity index (χ1) is 32.4. The topological polar surface area (TPSA) is 112 Å². The SMILES string of the molecule is Cn1c(-c2ccc(N(c3ccccc3)c3cccc4ccccc34)cc2)c2c(=C(C#N)C#N)n(C)c(-c3ccc(N(c4ccccc4)c4cccc5ccccc45)cc3)c2c1=C(C#N)C#N. The maximum Gasteiger partial charge on any atom is 0.153 e. The highest BCUT2D eigenvalue weighted by atomic mass is 15.1. The summed E-state index contributed by atoms with van der Waals surface area (Å²) in [6.07, 6.45) is 0. The molecule has 0 aliphatic carbocycles. The Balaban J connectivity index is 1.19. The van der Waals surface area contributed by atoms with Crippen molar-refractivity contribution in [3.63, 3.8) is 0 Å². The van der Waals surface area contributed by atoms with Crippen LogP contribution in [0.4, 0.5) is 34.1 Å². The van der Waals surface area contributed by atoms with Gasteiger partial charge in [-0.25, -0.2) is 0 Å². The van der Waals surface area contributed by atoms with Gasteiger partial charge in [-0.1, -0.05) is 133 Å². The number of para-hydroxylation sites is 2. The second-order valence-electron chi connectivity index (χ2n) is 15.9. The summed E-state index contributed by atoms with van der Waals surface area (Å²) in [5.41, 5.74) is 8.53. The van der Waals surface area contributed by atoms with Crippen LogP contribution < -0.4 is 20.5 Å². The van der Waals surface area contributed by atoms with Crippen LogP contribution in [0.25, 0.3) is 66.0 Å². The standard InChI is InChI=1S/C58H38N8/c1-63-55(41-27-31-47(32-28-41)65(45-19-5-3-6-20-45)51-25-13-17-39-15-9-11-23-49(39)51)53-54(57(63)43(35-59)36-60)56(64(2)58(53)44(37-61)38-62)42-29-33-48(34-30-42)66(46-21-7-4-8-22-46)52-26-14-18-40-16-10-12-24-50(40)52/h3-34H,1-2H3. The Morgan fingerprint density at radius 3 is 1.05 bits per heavy atom. The molecule has 0 atom stereocenters. The molecule has 0 aliphatic rings. The van der Waals surface area contributed by atoms with Crippen LogP contribution in [0.3, 0.4) is 0 Å². The van der Waals surface area contributed by atoms with E-state index in [0.717, 1.165) is 66.8 Å². The van der Waals surface area contributed by atoms with E-state index in [2.05, 4.69) is 143 Å². The maximum absolute atomic E-state index is 10.5. The molecule has 8 aromatic carbocycles. The molecule has 8 nitrogen and oxygen atoms in total. The highest BCUT2D eigenvalue weighted by molar-refractivity contribution is 6.09. The molecule has 0 bridgehead atoms. The molecule has 0 N–H and O–H groups in total. The Labute approximate surface area is 381 Å². The second-order valence-corrected chi connectivity index (χ2v) is 15.9. The molecule has 8 heteroatoms. The average Bonchev–Trinajstić information content (AvgIpc) is 3.82. The van der Waals surface area contributed by atoms with Crippen molar-refractivity contribution in [2.45, 2.75) is 0 Å². The molecular weight excluding hydrogens is 809 g/mol. The average molecular weight is 847 g/mol. The van der Waals surface area contributed by atoms with Gasteiger partial charge in [0.05, 0.1) is 33.5 Å². The number of nitriles is 4. The minimum Gasteiger partial charge on any atom is -0.341 e. The molecule has 10 aromatic rings. The summed E-state index contributed by atoms with van der Waals surface area (Å²) in [6.45, 7) is 0. The van der Waals surface area contributed by atoms with Gasteiger partial charge >= 0.3 is 0 Å². The van der Waals surface area contributed by atoms with Crippen molar-refractivity contribution >= 4 is 77.6 Å². The van der Waals surface area contributed by atoms with Crippen molar-refractivity contribution in [1.29, 1.82) is 21.0 Å². The minimum absolute atomic E-state index is 0.0896. The molecule has 0 unspecified atom stereocenters. The highest BCUT2D eigenvalue weighted by Crippen LogP contribution is 2.42. The van der Waals surface area contributed by atoms with Crippen LogP contribution in [-0.2, 0) is 14.1 Å². The maximum atomic E-state index is 10.5. The Kier molecular flexibility index (Phi) is 10.4. The first-order valence-corrected chi connectivity index (χ1v) is 21.4. The lowest BCUT2D eigenvalue weighted by atomic mass is 10.0. The van der Waals surface area contributed by atoms with Gasteiger partial charge in [0.15, 0.2) is 11.1 Å². The van der Waals surface area contributed by atoms with Gasteiger partial charge < -0.3 is 18.9 Å². The fraction of sp³-hybridized carbons (Fsp3) is 0.0345. The van der Waals surface area contributed by atoms with E-state index in [1.54, 1.807) is 0 Å². The molecule has 0 aliphatic heterocycles. The molecule has 310 valence electrons. The first-order valence-electron chi connectivity index (χ1n) is 21.4. The molecule has 0 saturated carbocycles. The summed E-state index contributed by atoms with van der Waals surface area (Å²) in [5.74, 6) is 0. The molecule has 0 amide bonds. The van der Waals surface area contributed by atoms with Crippen LogP contribution in [0.5, 0.6) is 0 Å².